The molecule has 0 saturated heterocycles. The molecule has 2 nitrogen and oxygen atoms in total. The summed E-state index contributed by atoms with van der Waals surface area (Å²) >= 11 is 10.1. The summed E-state index contributed by atoms with van der Waals surface area (Å²) in [6.45, 7) is 2.38. The number of aryl methyl sites for hydroxylation is 1. The van der Waals surface area contributed by atoms with Crippen LogP contribution in [-0.2, 0) is 12.3 Å². The minimum absolute atomic E-state index is 0.164. The molecule has 0 fully saturated rings. The second-order valence-electron chi connectivity index (χ2n) is 4.37. The Morgan fingerprint density at radius 3 is 2.76 bits per heavy atom. The number of nitrogens with one attached hydrogen (secondary N) is 1. The highest BCUT2D eigenvalue weighted by atomic mass is 79.9. The number of hydrogen-bond donors (Lipinski definition) is 1. The number of rotatable bonds is 6. The van der Waals surface area contributed by atoms with E-state index in [0.717, 1.165) is 15.7 Å². The first kappa shape index (κ1) is 16.6. The quantitative estimate of drug-likeness (QED) is 0.641. The fraction of sp³-hybridized carbons (Fsp3) is 0.286. The SMILES string of the molecule is Cc1cc(Br)c(NCc2ccc(CSC(F)F)o2)cc1Cl. The molecule has 0 aliphatic carbocycles. The number of benzene rings is 1. The van der Waals surface area contributed by atoms with Crippen LogP contribution < -0.4 is 5.32 Å². The lowest BCUT2D eigenvalue weighted by Crippen LogP contribution is -1.99. The Morgan fingerprint density at radius 2 is 2.05 bits per heavy atom. The molecule has 114 valence electrons. The first-order valence-corrected chi connectivity index (χ1v) is 8.34. The smallest absolute Gasteiger partial charge is 0.284 e. The van der Waals surface area contributed by atoms with E-state index >= 15 is 0 Å². The summed E-state index contributed by atoms with van der Waals surface area (Å²) in [5, 5.41) is 3.87. The first-order valence-electron chi connectivity index (χ1n) is 6.12. The number of halogens is 4. The van der Waals surface area contributed by atoms with E-state index in [1.165, 1.54) is 0 Å². The standard InChI is InChI=1S/C14H13BrClF2NOS/c1-8-4-11(15)13(5-12(8)16)19-6-9-2-3-10(20-9)7-21-14(17)18/h2-5,14,19H,6-7H2,1H3. The van der Waals surface area contributed by atoms with Crippen molar-refractivity contribution in [2.24, 2.45) is 0 Å². The van der Waals surface area contributed by atoms with Crippen molar-refractivity contribution in [1.29, 1.82) is 0 Å². The molecule has 2 rings (SSSR count). The van der Waals surface area contributed by atoms with Gasteiger partial charge in [0.15, 0.2) is 0 Å². The molecule has 7 heteroatoms. The van der Waals surface area contributed by atoms with Gasteiger partial charge in [0, 0.05) is 9.50 Å². The normalized spacial score (nSPS) is 11.1. The van der Waals surface area contributed by atoms with E-state index in [1.54, 1.807) is 12.1 Å². The lowest BCUT2D eigenvalue weighted by Gasteiger charge is -2.09. The molecule has 0 aliphatic rings. The van der Waals surface area contributed by atoms with Crippen LogP contribution in [0.4, 0.5) is 14.5 Å². The maximum atomic E-state index is 12.1. The van der Waals surface area contributed by atoms with Crippen LogP contribution in [0.1, 0.15) is 17.1 Å². The van der Waals surface area contributed by atoms with Gasteiger partial charge in [0.1, 0.15) is 11.5 Å². The van der Waals surface area contributed by atoms with Crippen molar-refractivity contribution in [3.63, 3.8) is 0 Å². The van der Waals surface area contributed by atoms with Crippen LogP contribution in [0.5, 0.6) is 0 Å². The average molecular weight is 397 g/mol. The van der Waals surface area contributed by atoms with Crippen molar-refractivity contribution in [2.45, 2.75) is 25.0 Å². The third kappa shape index (κ3) is 4.90. The van der Waals surface area contributed by atoms with Gasteiger partial charge in [0.05, 0.1) is 18.0 Å². The van der Waals surface area contributed by atoms with Crippen molar-refractivity contribution in [2.75, 3.05) is 5.32 Å². The highest BCUT2D eigenvalue weighted by molar-refractivity contribution is 9.10. The van der Waals surface area contributed by atoms with Crippen LogP contribution in [0.25, 0.3) is 0 Å². The molecule has 21 heavy (non-hydrogen) atoms. The van der Waals surface area contributed by atoms with Crippen molar-refractivity contribution < 1.29 is 13.2 Å². The number of anilines is 1. The molecule has 0 spiro atoms. The Labute approximate surface area is 139 Å². The summed E-state index contributed by atoms with van der Waals surface area (Å²) in [6, 6.07) is 7.25. The Balaban J connectivity index is 1.96. The number of thioether (sulfide) groups is 1. The Kier molecular flexibility index (Phi) is 5.96. The molecule has 0 atom stereocenters. The van der Waals surface area contributed by atoms with Gasteiger partial charge in [-0.2, -0.15) is 8.78 Å². The fourth-order valence-electron chi connectivity index (χ4n) is 1.70. The van der Waals surface area contributed by atoms with Gasteiger partial charge in [0.25, 0.3) is 5.76 Å². The lowest BCUT2D eigenvalue weighted by molar-refractivity contribution is 0.251. The highest BCUT2D eigenvalue weighted by Gasteiger charge is 2.08. The third-order valence-corrected chi connectivity index (χ3v) is 4.54. The molecule has 0 aliphatic heterocycles. The average Bonchev–Trinajstić information content (AvgIpc) is 2.87. The van der Waals surface area contributed by atoms with Crippen LogP contribution in [0, 0.1) is 6.92 Å². The van der Waals surface area contributed by atoms with E-state index in [-0.39, 0.29) is 5.75 Å². The molecule has 0 radical (unpaired) electrons. The minimum Gasteiger partial charge on any atom is -0.463 e. The van der Waals surface area contributed by atoms with E-state index in [2.05, 4.69) is 21.2 Å². The molecule has 0 bridgehead atoms. The molecular weight excluding hydrogens is 384 g/mol. The van der Waals surface area contributed by atoms with Crippen LogP contribution in [0.3, 0.4) is 0 Å². The summed E-state index contributed by atoms with van der Waals surface area (Å²) in [6.07, 6.45) is 0. The molecule has 2 aromatic rings. The number of alkyl halides is 2. The minimum atomic E-state index is -2.39. The number of hydrogen-bond acceptors (Lipinski definition) is 3. The molecule has 1 aromatic heterocycles. The summed E-state index contributed by atoms with van der Waals surface area (Å²) in [7, 11) is 0. The van der Waals surface area contributed by atoms with Gasteiger partial charge in [-0.05, 0) is 52.7 Å². The van der Waals surface area contributed by atoms with Crippen LogP contribution >= 0.6 is 39.3 Å². The summed E-state index contributed by atoms with van der Waals surface area (Å²) in [4.78, 5) is 0. The van der Waals surface area contributed by atoms with Crippen LogP contribution in [0.15, 0.2) is 33.2 Å². The van der Waals surface area contributed by atoms with Gasteiger partial charge in [-0.1, -0.05) is 23.4 Å². The molecule has 1 aromatic carbocycles. The zero-order valence-corrected chi connectivity index (χ0v) is 14.3. The maximum absolute atomic E-state index is 12.1. The van der Waals surface area contributed by atoms with Gasteiger partial charge < -0.3 is 9.73 Å². The second kappa shape index (κ2) is 7.51. The van der Waals surface area contributed by atoms with E-state index < -0.39 is 5.76 Å². The molecule has 1 heterocycles. The van der Waals surface area contributed by atoms with Crippen molar-refractivity contribution >= 4 is 45.0 Å². The second-order valence-corrected chi connectivity index (χ2v) is 6.61. The van der Waals surface area contributed by atoms with Crippen molar-refractivity contribution in [3.05, 3.63) is 50.8 Å². The Morgan fingerprint density at radius 1 is 1.33 bits per heavy atom. The summed E-state index contributed by atoms with van der Waals surface area (Å²) < 4.78 is 30.6. The highest BCUT2D eigenvalue weighted by Crippen LogP contribution is 2.29. The van der Waals surface area contributed by atoms with Gasteiger partial charge in [-0.3, -0.25) is 0 Å². The zero-order valence-electron chi connectivity index (χ0n) is 11.1. The summed E-state index contributed by atoms with van der Waals surface area (Å²) in [5.74, 6) is -0.999. The molecular formula is C14H13BrClF2NOS. The Hall–Kier alpha value is -0.720. The lowest BCUT2D eigenvalue weighted by atomic mass is 10.2. The van der Waals surface area contributed by atoms with Gasteiger partial charge in [-0.15, -0.1) is 0 Å². The zero-order chi connectivity index (χ0) is 15.4. The van der Waals surface area contributed by atoms with Crippen molar-refractivity contribution in [1.82, 2.24) is 0 Å². The monoisotopic (exact) mass is 395 g/mol. The van der Waals surface area contributed by atoms with E-state index in [0.29, 0.717) is 34.8 Å². The first-order chi connectivity index (χ1) is 9.95. The van der Waals surface area contributed by atoms with Crippen molar-refractivity contribution in [3.8, 4) is 0 Å². The topological polar surface area (TPSA) is 25.2 Å². The Bertz CT molecular complexity index is 621. The van der Waals surface area contributed by atoms with Gasteiger partial charge in [0.2, 0.25) is 0 Å². The molecule has 0 amide bonds. The predicted molar refractivity (Wildman–Crippen MR) is 87.2 cm³/mol. The fourth-order valence-corrected chi connectivity index (χ4v) is 2.91. The maximum Gasteiger partial charge on any atom is 0.284 e. The molecule has 0 saturated carbocycles. The summed E-state index contributed by atoms with van der Waals surface area (Å²) in [5.41, 5.74) is 1.84. The third-order valence-electron chi connectivity index (χ3n) is 2.77. The van der Waals surface area contributed by atoms with E-state index in [4.69, 9.17) is 16.0 Å². The molecule has 1 N–H and O–H groups in total. The number of furan rings is 1. The van der Waals surface area contributed by atoms with Gasteiger partial charge >= 0.3 is 0 Å². The molecule has 0 unspecified atom stereocenters. The van der Waals surface area contributed by atoms with E-state index in [9.17, 15) is 8.78 Å². The van der Waals surface area contributed by atoms with E-state index in [1.807, 2.05) is 19.1 Å². The van der Waals surface area contributed by atoms with Crippen LogP contribution in [-0.4, -0.2) is 5.76 Å². The van der Waals surface area contributed by atoms with Crippen LogP contribution in [0.2, 0.25) is 5.02 Å². The predicted octanol–water partition coefficient (Wildman–Crippen LogP) is 6.07. The van der Waals surface area contributed by atoms with Gasteiger partial charge in [-0.25, -0.2) is 0 Å². The largest absolute Gasteiger partial charge is 0.463 e.